The van der Waals surface area contributed by atoms with Crippen molar-refractivity contribution < 1.29 is 19.2 Å². The lowest BCUT2D eigenvalue weighted by atomic mass is 10.1. The van der Waals surface area contributed by atoms with E-state index in [0.29, 0.717) is 23.6 Å². The largest absolute Gasteiger partial charge is 0.493 e. The Morgan fingerprint density at radius 3 is 2.35 bits per heavy atom. The van der Waals surface area contributed by atoms with Gasteiger partial charge in [0, 0.05) is 11.1 Å². The van der Waals surface area contributed by atoms with Gasteiger partial charge in [0.05, 0.1) is 33.9 Å². The number of benzene rings is 2. The molecular weight excluding hydrogens is 328 g/mol. The van der Waals surface area contributed by atoms with Gasteiger partial charge in [-0.15, -0.1) is 0 Å². The number of nitrogens with one attached hydrogen (secondary N) is 2. The molecule has 0 aromatic heterocycles. The van der Waals surface area contributed by atoms with Gasteiger partial charge in [-0.1, -0.05) is 30.3 Å². The van der Waals surface area contributed by atoms with E-state index in [1.54, 1.807) is 25.3 Å². The lowest BCUT2D eigenvalue weighted by Gasteiger charge is -2.22. The van der Waals surface area contributed by atoms with Gasteiger partial charge in [-0.25, -0.2) is 0 Å². The van der Waals surface area contributed by atoms with Crippen molar-refractivity contribution in [1.29, 1.82) is 0 Å². The molecule has 2 aromatic rings. The quantitative estimate of drug-likeness (QED) is 0.761. The van der Waals surface area contributed by atoms with Crippen molar-refractivity contribution in [3.8, 4) is 11.5 Å². The summed E-state index contributed by atoms with van der Waals surface area (Å²) in [5.74, 6) is 1.07. The molecule has 0 aliphatic carbocycles. The third-order valence-electron chi connectivity index (χ3n) is 4.15. The third-order valence-corrected chi connectivity index (χ3v) is 4.15. The highest BCUT2D eigenvalue weighted by molar-refractivity contribution is 5.94. The standard InChI is InChI=1S/C21H28N2O3/c1-15(2)26-19-12-11-17(13-20(19)25-5)21(24)22-14-18(23(3)4)16-9-7-6-8-10-16/h6-13,15,18H,14H2,1-5H3,(H,22,24)/p+1/t18-/m1/s1. The normalized spacial score (nSPS) is 12.1. The monoisotopic (exact) mass is 357 g/mol. The summed E-state index contributed by atoms with van der Waals surface area (Å²) in [5, 5.41) is 3.03. The maximum absolute atomic E-state index is 12.6. The first-order chi connectivity index (χ1) is 12.4. The van der Waals surface area contributed by atoms with Crippen LogP contribution in [-0.4, -0.2) is 39.8 Å². The molecule has 5 nitrogen and oxygen atoms in total. The molecule has 0 saturated heterocycles. The smallest absolute Gasteiger partial charge is 0.251 e. The number of amides is 1. The summed E-state index contributed by atoms with van der Waals surface area (Å²) < 4.78 is 11.1. The first-order valence-corrected chi connectivity index (χ1v) is 8.90. The van der Waals surface area contributed by atoms with Gasteiger partial charge in [0.2, 0.25) is 0 Å². The Morgan fingerprint density at radius 1 is 1.08 bits per heavy atom. The molecule has 0 aliphatic heterocycles. The summed E-state index contributed by atoms with van der Waals surface area (Å²) in [5.41, 5.74) is 1.75. The second-order valence-corrected chi connectivity index (χ2v) is 6.78. The van der Waals surface area contributed by atoms with Crippen molar-refractivity contribution >= 4 is 5.91 Å². The number of hydrogen-bond acceptors (Lipinski definition) is 3. The van der Waals surface area contributed by atoms with E-state index in [-0.39, 0.29) is 18.1 Å². The first kappa shape index (κ1) is 19.8. The molecule has 0 fully saturated rings. The van der Waals surface area contributed by atoms with E-state index in [1.165, 1.54) is 10.5 Å². The topological polar surface area (TPSA) is 52.0 Å². The van der Waals surface area contributed by atoms with E-state index in [9.17, 15) is 4.79 Å². The van der Waals surface area contributed by atoms with Crippen LogP contribution in [0.4, 0.5) is 0 Å². The second kappa shape index (κ2) is 9.25. The zero-order valence-electron chi connectivity index (χ0n) is 16.2. The highest BCUT2D eigenvalue weighted by atomic mass is 16.5. The fourth-order valence-corrected chi connectivity index (χ4v) is 2.80. The molecule has 0 spiro atoms. The molecule has 0 aliphatic rings. The predicted molar refractivity (Wildman–Crippen MR) is 103 cm³/mol. The fourth-order valence-electron chi connectivity index (χ4n) is 2.80. The van der Waals surface area contributed by atoms with Crippen LogP contribution in [0, 0.1) is 0 Å². The number of carbonyl (C=O) groups excluding carboxylic acids is 1. The molecule has 0 heterocycles. The van der Waals surface area contributed by atoms with E-state index in [2.05, 4.69) is 31.5 Å². The maximum atomic E-state index is 12.6. The van der Waals surface area contributed by atoms with E-state index < -0.39 is 0 Å². The summed E-state index contributed by atoms with van der Waals surface area (Å²) in [6, 6.07) is 15.7. The van der Waals surface area contributed by atoms with Crippen molar-refractivity contribution in [2.75, 3.05) is 27.7 Å². The molecule has 140 valence electrons. The summed E-state index contributed by atoms with van der Waals surface area (Å²) in [6.45, 7) is 4.46. The van der Waals surface area contributed by atoms with E-state index in [0.717, 1.165) is 0 Å². The van der Waals surface area contributed by atoms with Gasteiger partial charge in [0.1, 0.15) is 6.04 Å². The predicted octanol–water partition coefficient (Wildman–Crippen LogP) is 2.10. The van der Waals surface area contributed by atoms with Gasteiger partial charge < -0.3 is 19.7 Å². The third kappa shape index (κ3) is 5.23. The molecule has 0 unspecified atom stereocenters. The minimum Gasteiger partial charge on any atom is -0.493 e. The van der Waals surface area contributed by atoms with Crippen LogP contribution in [0.2, 0.25) is 0 Å². The Kier molecular flexibility index (Phi) is 7.04. The average molecular weight is 357 g/mol. The van der Waals surface area contributed by atoms with Crippen LogP contribution in [0.1, 0.15) is 35.8 Å². The van der Waals surface area contributed by atoms with Gasteiger partial charge in [0.15, 0.2) is 11.5 Å². The molecule has 2 aromatic carbocycles. The highest BCUT2D eigenvalue weighted by Crippen LogP contribution is 2.29. The number of ether oxygens (including phenoxy) is 2. The molecular formula is C21H29N2O3+. The van der Waals surface area contributed by atoms with E-state index in [4.69, 9.17) is 9.47 Å². The molecule has 1 atom stereocenters. The molecule has 0 radical (unpaired) electrons. The Morgan fingerprint density at radius 2 is 1.77 bits per heavy atom. The van der Waals surface area contributed by atoms with Crippen LogP contribution in [0.5, 0.6) is 11.5 Å². The summed E-state index contributed by atoms with van der Waals surface area (Å²) in [4.78, 5) is 13.8. The summed E-state index contributed by atoms with van der Waals surface area (Å²) in [6.07, 6.45) is 0.0401. The van der Waals surface area contributed by atoms with E-state index >= 15 is 0 Å². The Balaban J connectivity index is 2.09. The minimum atomic E-state index is -0.124. The Labute approximate surface area is 155 Å². The Hall–Kier alpha value is -2.53. The number of hydrogen-bond donors (Lipinski definition) is 2. The first-order valence-electron chi connectivity index (χ1n) is 8.90. The summed E-state index contributed by atoms with van der Waals surface area (Å²) >= 11 is 0. The SMILES string of the molecule is COc1cc(C(=O)NC[C@H](c2ccccc2)[NH+](C)C)ccc1OC(C)C. The van der Waals surface area contributed by atoms with Crippen LogP contribution < -0.4 is 19.7 Å². The number of carbonyl (C=O) groups is 1. The van der Waals surface area contributed by atoms with Gasteiger partial charge in [-0.2, -0.15) is 0 Å². The number of quaternary nitrogens is 1. The summed E-state index contributed by atoms with van der Waals surface area (Å²) in [7, 11) is 5.75. The fraction of sp³-hybridized carbons (Fsp3) is 0.381. The number of methoxy groups -OCH3 is 1. The zero-order chi connectivity index (χ0) is 19.1. The van der Waals surface area contributed by atoms with E-state index in [1.807, 2.05) is 32.0 Å². The second-order valence-electron chi connectivity index (χ2n) is 6.78. The molecule has 2 rings (SSSR count). The van der Waals surface area contributed by atoms with Crippen LogP contribution in [0.3, 0.4) is 0 Å². The molecule has 5 heteroatoms. The van der Waals surface area contributed by atoms with Gasteiger partial charge in [0.25, 0.3) is 5.91 Å². The van der Waals surface area contributed by atoms with Gasteiger partial charge in [-0.3, -0.25) is 4.79 Å². The van der Waals surface area contributed by atoms with Crippen molar-refractivity contribution in [3.05, 3.63) is 59.7 Å². The average Bonchev–Trinajstić information content (AvgIpc) is 2.62. The van der Waals surface area contributed by atoms with Crippen molar-refractivity contribution in [1.82, 2.24) is 5.32 Å². The van der Waals surface area contributed by atoms with Crippen LogP contribution >= 0.6 is 0 Å². The van der Waals surface area contributed by atoms with Gasteiger partial charge in [-0.05, 0) is 32.0 Å². The van der Waals surface area contributed by atoms with Crippen LogP contribution in [0.25, 0.3) is 0 Å². The highest BCUT2D eigenvalue weighted by Gasteiger charge is 2.19. The van der Waals surface area contributed by atoms with Gasteiger partial charge >= 0.3 is 0 Å². The van der Waals surface area contributed by atoms with Crippen LogP contribution in [0.15, 0.2) is 48.5 Å². The lowest BCUT2D eigenvalue weighted by molar-refractivity contribution is -0.890. The molecule has 0 saturated carbocycles. The molecule has 2 N–H and O–H groups in total. The number of likely N-dealkylation sites (N-methyl/N-ethyl adjacent to an activating group) is 1. The minimum absolute atomic E-state index is 0.0401. The lowest BCUT2D eigenvalue weighted by Crippen LogP contribution is -3.07. The Bertz CT molecular complexity index is 714. The molecule has 1 amide bonds. The van der Waals surface area contributed by atoms with Crippen LogP contribution in [-0.2, 0) is 0 Å². The van der Waals surface area contributed by atoms with Crippen molar-refractivity contribution in [2.24, 2.45) is 0 Å². The molecule has 0 bridgehead atoms. The van der Waals surface area contributed by atoms with Crippen molar-refractivity contribution in [3.63, 3.8) is 0 Å². The zero-order valence-corrected chi connectivity index (χ0v) is 16.2. The number of rotatable bonds is 8. The van der Waals surface area contributed by atoms with Crippen molar-refractivity contribution in [2.45, 2.75) is 26.0 Å². The molecule has 26 heavy (non-hydrogen) atoms. The maximum Gasteiger partial charge on any atom is 0.251 e.